The maximum atomic E-state index is 11.9. The summed E-state index contributed by atoms with van der Waals surface area (Å²) in [6.45, 7) is 5.73. The predicted octanol–water partition coefficient (Wildman–Crippen LogP) is 2.90. The lowest BCUT2D eigenvalue weighted by atomic mass is 10.2. The van der Waals surface area contributed by atoms with E-state index in [1.54, 1.807) is 12.1 Å². The number of guanidine groups is 1. The van der Waals surface area contributed by atoms with Crippen LogP contribution in [-0.4, -0.2) is 31.5 Å². The minimum absolute atomic E-state index is 0. The van der Waals surface area contributed by atoms with Gasteiger partial charge < -0.3 is 16.4 Å². The first-order chi connectivity index (χ1) is 9.90. The Labute approximate surface area is 158 Å². The summed E-state index contributed by atoms with van der Waals surface area (Å²) in [5.74, 6) is 0.625. The van der Waals surface area contributed by atoms with E-state index in [4.69, 9.17) is 28.9 Å². The highest BCUT2D eigenvalue weighted by molar-refractivity contribution is 14.0. The van der Waals surface area contributed by atoms with Crippen LogP contribution < -0.4 is 16.4 Å². The molecule has 0 fully saturated rings. The Hall–Kier alpha value is -0.730. The van der Waals surface area contributed by atoms with E-state index in [1.807, 2.05) is 0 Å². The van der Waals surface area contributed by atoms with Crippen molar-refractivity contribution in [2.24, 2.45) is 16.6 Å². The van der Waals surface area contributed by atoms with E-state index in [9.17, 15) is 4.79 Å². The highest BCUT2D eigenvalue weighted by Gasteiger charge is 2.07. The highest BCUT2D eigenvalue weighted by atomic mass is 127. The van der Waals surface area contributed by atoms with E-state index in [0.29, 0.717) is 47.1 Å². The Kier molecular flexibility index (Phi) is 10.5. The van der Waals surface area contributed by atoms with Crippen molar-refractivity contribution >= 4 is 59.0 Å². The van der Waals surface area contributed by atoms with Gasteiger partial charge in [0, 0.05) is 25.2 Å². The third-order valence-corrected chi connectivity index (χ3v) is 3.26. The molecular weight excluding hydrogens is 438 g/mol. The SMILES string of the molecule is CC(C)CN=C(N)NCCNC(=O)c1ccc(Cl)c(Cl)c1.I. The van der Waals surface area contributed by atoms with E-state index in [-0.39, 0.29) is 29.9 Å². The lowest BCUT2D eigenvalue weighted by molar-refractivity contribution is 0.0954. The van der Waals surface area contributed by atoms with Gasteiger partial charge in [0.15, 0.2) is 5.96 Å². The lowest BCUT2D eigenvalue weighted by Crippen LogP contribution is -2.38. The van der Waals surface area contributed by atoms with Gasteiger partial charge in [-0.15, -0.1) is 24.0 Å². The second-order valence-electron chi connectivity index (χ2n) is 4.93. The molecular formula is C14H21Cl2IN4O. The first kappa shape index (κ1) is 21.3. The summed E-state index contributed by atoms with van der Waals surface area (Å²) in [5.41, 5.74) is 6.14. The fourth-order valence-corrected chi connectivity index (χ4v) is 1.74. The molecule has 0 saturated carbocycles. The zero-order valence-corrected chi connectivity index (χ0v) is 16.4. The second-order valence-corrected chi connectivity index (χ2v) is 5.75. The van der Waals surface area contributed by atoms with Gasteiger partial charge in [-0.25, -0.2) is 0 Å². The predicted molar refractivity (Wildman–Crippen MR) is 104 cm³/mol. The van der Waals surface area contributed by atoms with Crippen LogP contribution in [0.4, 0.5) is 0 Å². The fourth-order valence-electron chi connectivity index (χ4n) is 1.44. The largest absolute Gasteiger partial charge is 0.370 e. The third-order valence-electron chi connectivity index (χ3n) is 2.53. The molecule has 0 aromatic heterocycles. The van der Waals surface area contributed by atoms with Gasteiger partial charge in [0.2, 0.25) is 0 Å². The summed E-state index contributed by atoms with van der Waals surface area (Å²) in [6.07, 6.45) is 0. The van der Waals surface area contributed by atoms with Crippen LogP contribution in [0.2, 0.25) is 10.0 Å². The van der Waals surface area contributed by atoms with Crippen LogP contribution in [0.3, 0.4) is 0 Å². The number of rotatable bonds is 6. The Morgan fingerprint density at radius 3 is 2.45 bits per heavy atom. The summed E-state index contributed by atoms with van der Waals surface area (Å²) < 4.78 is 0. The molecule has 0 aliphatic carbocycles. The summed E-state index contributed by atoms with van der Waals surface area (Å²) in [5, 5.41) is 6.46. The Morgan fingerprint density at radius 2 is 1.86 bits per heavy atom. The Balaban J connectivity index is 0.00000441. The summed E-state index contributed by atoms with van der Waals surface area (Å²) in [4.78, 5) is 16.0. The molecule has 22 heavy (non-hydrogen) atoms. The number of hydrogen-bond acceptors (Lipinski definition) is 2. The molecule has 0 saturated heterocycles. The van der Waals surface area contributed by atoms with Gasteiger partial charge in [0.25, 0.3) is 5.91 Å². The average Bonchev–Trinajstić information content (AvgIpc) is 2.44. The lowest BCUT2D eigenvalue weighted by Gasteiger charge is -2.08. The van der Waals surface area contributed by atoms with Crippen molar-refractivity contribution in [3.63, 3.8) is 0 Å². The standard InChI is InChI=1S/C14H20Cl2N4O.HI/c1-9(2)8-20-14(17)19-6-5-18-13(21)10-3-4-11(15)12(16)7-10;/h3-4,7,9H,5-6,8H2,1-2H3,(H,18,21)(H3,17,19,20);1H. The average molecular weight is 459 g/mol. The smallest absolute Gasteiger partial charge is 0.251 e. The number of carbonyl (C=O) groups is 1. The third kappa shape index (κ3) is 8.05. The van der Waals surface area contributed by atoms with Crippen molar-refractivity contribution in [3.05, 3.63) is 33.8 Å². The van der Waals surface area contributed by atoms with E-state index in [2.05, 4.69) is 29.5 Å². The first-order valence-electron chi connectivity index (χ1n) is 6.67. The van der Waals surface area contributed by atoms with E-state index >= 15 is 0 Å². The topological polar surface area (TPSA) is 79.5 Å². The quantitative estimate of drug-likeness (QED) is 0.265. The van der Waals surface area contributed by atoms with Gasteiger partial charge in [-0.3, -0.25) is 9.79 Å². The van der Waals surface area contributed by atoms with Gasteiger partial charge in [0.1, 0.15) is 0 Å². The van der Waals surface area contributed by atoms with E-state index in [1.165, 1.54) is 6.07 Å². The second kappa shape index (κ2) is 10.9. The number of halogens is 3. The van der Waals surface area contributed by atoms with Gasteiger partial charge >= 0.3 is 0 Å². The molecule has 0 spiro atoms. The molecule has 1 amide bonds. The molecule has 0 radical (unpaired) electrons. The summed E-state index contributed by atoms with van der Waals surface area (Å²) >= 11 is 11.7. The minimum Gasteiger partial charge on any atom is -0.370 e. The highest BCUT2D eigenvalue weighted by Crippen LogP contribution is 2.22. The molecule has 0 atom stereocenters. The molecule has 1 aromatic carbocycles. The number of aliphatic imine (C=N–C) groups is 1. The number of nitrogens with two attached hydrogens (primary N) is 1. The van der Waals surface area contributed by atoms with Crippen molar-refractivity contribution < 1.29 is 4.79 Å². The minimum atomic E-state index is -0.215. The molecule has 0 heterocycles. The van der Waals surface area contributed by atoms with Gasteiger partial charge in [-0.05, 0) is 24.1 Å². The van der Waals surface area contributed by atoms with Crippen LogP contribution in [0.25, 0.3) is 0 Å². The molecule has 0 aliphatic heterocycles. The summed E-state index contributed by atoms with van der Waals surface area (Å²) in [7, 11) is 0. The Morgan fingerprint density at radius 1 is 1.23 bits per heavy atom. The van der Waals surface area contributed by atoms with Crippen molar-refractivity contribution in [2.45, 2.75) is 13.8 Å². The first-order valence-corrected chi connectivity index (χ1v) is 7.42. The van der Waals surface area contributed by atoms with Crippen molar-refractivity contribution in [1.29, 1.82) is 0 Å². The van der Waals surface area contributed by atoms with Gasteiger partial charge in [-0.1, -0.05) is 37.0 Å². The number of amides is 1. The molecule has 0 unspecified atom stereocenters. The molecule has 124 valence electrons. The van der Waals surface area contributed by atoms with Crippen LogP contribution in [-0.2, 0) is 0 Å². The molecule has 1 aromatic rings. The molecule has 5 nitrogen and oxygen atoms in total. The van der Waals surface area contributed by atoms with Crippen LogP contribution in [0.15, 0.2) is 23.2 Å². The normalized spacial score (nSPS) is 11.0. The van der Waals surface area contributed by atoms with Crippen LogP contribution >= 0.6 is 47.2 Å². The zero-order chi connectivity index (χ0) is 15.8. The number of nitrogens with zero attached hydrogens (tertiary/aromatic N) is 1. The van der Waals surface area contributed by atoms with Crippen LogP contribution in [0.5, 0.6) is 0 Å². The van der Waals surface area contributed by atoms with Gasteiger partial charge in [-0.2, -0.15) is 0 Å². The van der Waals surface area contributed by atoms with Crippen molar-refractivity contribution in [1.82, 2.24) is 10.6 Å². The molecule has 4 N–H and O–H groups in total. The molecule has 1 rings (SSSR count). The molecule has 0 aliphatic rings. The monoisotopic (exact) mass is 458 g/mol. The van der Waals surface area contributed by atoms with Crippen molar-refractivity contribution in [3.8, 4) is 0 Å². The molecule has 0 bridgehead atoms. The number of benzene rings is 1. The van der Waals surface area contributed by atoms with Gasteiger partial charge in [0.05, 0.1) is 10.0 Å². The Bertz CT molecular complexity index is 524. The fraction of sp³-hybridized carbons (Fsp3) is 0.429. The van der Waals surface area contributed by atoms with Crippen molar-refractivity contribution in [2.75, 3.05) is 19.6 Å². The maximum absolute atomic E-state index is 11.9. The number of nitrogens with one attached hydrogen (secondary N) is 2. The van der Waals surface area contributed by atoms with Crippen LogP contribution in [0.1, 0.15) is 24.2 Å². The number of hydrogen-bond donors (Lipinski definition) is 3. The number of carbonyl (C=O) groups excluding carboxylic acids is 1. The van der Waals surface area contributed by atoms with Crippen LogP contribution in [0, 0.1) is 5.92 Å². The maximum Gasteiger partial charge on any atom is 0.251 e. The summed E-state index contributed by atoms with van der Waals surface area (Å²) in [6, 6.07) is 4.74. The molecule has 8 heteroatoms. The zero-order valence-electron chi connectivity index (χ0n) is 12.5. The van der Waals surface area contributed by atoms with E-state index < -0.39 is 0 Å². The van der Waals surface area contributed by atoms with E-state index in [0.717, 1.165) is 0 Å².